The molecular weight excluding hydrogens is 475 g/mol. The Bertz CT molecular complexity index is 1280. The highest BCUT2D eigenvalue weighted by molar-refractivity contribution is 7.89. The lowest BCUT2D eigenvalue weighted by Crippen LogP contribution is -2.42. The van der Waals surface area contributed by atoms with Crippen molar-refractivity contribution in [3.8, 4) is 0 Å². The summed E-state index contributed by atoms with van der Waals surface area (Å²) in [6.45, 7) is 4.94. The number of amides is 1. The number of rotatable bonds is 4. The summed E-state index contributed by atoms with van der Waals surface area (Å²) in [6, 6.07) is 9.23. The second-order valence-corrected chi connectivity index (χ2v) is 11.4. The van der Waals surface area contributed by atoms with Gasteiger partial charge in [-0.2, -0.15) is 17.5 Å². The van der Waals surface area contributed by atoms with Crippen molar-refractivity contribution in [1.29, 1.82) is 0 Å². The molecule has 1 aromatic heterocycles. The second kappa shape index (κ2) is 8.69. The van der Waals surface area contributed by atoms with Crippen LogP contribution in [0.3, 0.4) is 0 Å². The molecular formula is C22H22F3N3O3S2. The molecule has 1 amide bonds. The van der Waals surface area contributed by atoms with Crippen LogP contribution < -0.4 is 5.32 Å². The summed E-state index contributed by atoms with van der Waals surface area (Å²) < 4.78 is 67.3. The Kier molecular flexibility index (Phi) is 6.23. The van der Waals surface area contributed by atoms with Gasteiger partial charge in [-0.15, -0.1) is 0 Å². The second-order valence-electron chi connectivity index (χ2n) is 8.42. The van der Waals surface area contributed by atoms with Crippen molar-refractivity contribution in [3.63, 3.8) is 0 Å². The number of aromatic nitrogens is 1. The van der Waals surface area contributed by atoms with E-state index in [1.165, 1.54) is 40.7 Å². The molecule has 0 aliphatic carbocycles. The van der Waals surface area contributed by atoms with Gasteiger partial charge in [0.2, 0.25) is 10.0 Å². The van der Waals surface area contributed by atoms with Gasteiger partial charge in [0.1, 0.15) is 0 Å². The van der Waals surface area contributed by atoms with Crippen LogP contribution >= 0.6 is 11.3 Å². The first kappa shape index (κ1) is 23.7. The van der Waals surface area contributed by atoms with Crippen molar-refractivity contribution >= 4 is 42.6 Å². The van der Waals surface area contributed by atoms with E-state index in [0.29, 0.717) is 17.8 Å². The highest BCUT2D eigenvalue weighted by Gasteiger charge is 2.34. The van der Waals surface area contributed by atoms with Gasteiger partial charge in [0.15, 0.2) is 5.13 Å². The van der Waals surface area contributed by atoms with Crippen molar-refractivity contribution in [2.75, 3.05) is 18.4 Å². The van der Waals surface area contributed by atoms with E-state index >= 15 is 0 Å². The van der Waals surface area contributed by atoms with E-state index in [-0.39, 0.29) is 32.9 Å². The number of nitrogens with zero attached hydrogens (tertiary/aromatic N) is 2. The van der Waals surface area contributed by atoms with Crippen molar-refractivity contribution in [3.05, 3.63) is 53.6 Å². The van der Waals surface area contributed by atoms with Crippen LogP contribution in [0, 0.1) is 11.8 Å². The molecule has 1 aliphatic heterocycles. The van der Waals surface area contributed by atoms with E-state index in [1.54, 1.807) is 0 Å². The first-order valence-electron chi connectivity index (χ1n) is 10.3. The van der Waals surface area contributed by atoms with Crippen molar-refractivity contribution < 1.29 is 26.4 Å². The minimum atomic E-state index is -4.56. The number of carbonyl (C=O) groups is 1. The third-order valence-electron chi connectivity index (χ3n) is 5.53. The third kappa shape index (κ3) is 4.90. The fourth-order valence-electron chi connectivity index (χ4n) is 4.13. The number of halogens is 3. The molecule has 1 aliphatic rings. The number of benzene rings is 2. The number of sulfonamides is 1. The van der Waals surface area contributed by atoms with Crippen LogP contribution in [0.5, 0.6) is 0 Å². The summed E-state index contributed by atoms with van der Waals surface area (Å²) in [4.78, 5) is 16.6. The largest absolute Gasteiger partial charge is 0.418 e. The van der Waals surface area contributed by atoms with Crippen LogP contribution in [0.25, 0.3) is 10.2 Å². The molecule has 0 spiro atoms. The minimum absolute atomic E-state index is 0.0275. The maximum Gasteiger partial charge on any atom is 0.418 e. The van der Waals surface area contributed by atoms with Crippen LogP contribution in [-0.2, 0) is 16.2 Å². The summed E-state index contributed by atoms with van der Waals surface area (Å²) in [7, 11) is -3.68. The first-order valence-corrected chi connectivity index (χ1v) is 12.6. The number of hydrogen-bond acceptors (Lipinski definition) is 5. The lowest BCUT2D eigenvalue weighted by atomic mass is 9.94. The Hall–Kier alpha value is -2.50. The van der Waals surface area contributed by atoms with E-state index in [4.69, 9.17) is 0 Å². The SMILES string of the molecule is CC1CC(C)CN(S(=O)(=O)c2ccc(C(=O)Nc3nc4c(C(F)(F)F)cccc4s3)cc2)C1. The Balaban J connectivity index is 1.52. The van der Waals surface area contributed by atoms with Gasteiger partial charge < -0.3 is 0 Å². The molecule has 11 heteroatoms. The fraction of sp³-hybridized carbons (Fsp3) is 0.364. The van der Waals surface area contributed by atoms with Gasteiger partial charge in [-0.25, -0.2) is 13.4 Å². The summed E-state index contributed by atoms with van der Waals surface area (Å²) in [5, 5.41) is 2.53. The van der Waals surface area contributed by atoms with Crippen molar-refractivity contribution in [1.82, 2.24) is 9.29 Å². The number of alkyl halides is 3. The molecule has 2 heterocycles. The molecule has 0 bridgehead atoms. The predicted octanol–water partition coefficient (Wildman–Crippen LogP) is 5.23. The van der Waals surface area contributed by atoms with Gasteiger partial charge in [0, 0.05) is 18.7 Å². The van der Waals surface area contributed by atoms with Gasteiger partial charge in [0.05, 0.1) is 20.7 Å². The standard InChI is InChI=1S/C22H22F3N3O3S2/c1-13-10-14(2)12-28(11-13)33(30,31)16-8-6-15(7-9-16)20(29)27-21-26-19-17(22(23,24)25)4-3-5-18(19)32-21/h3-9,13-14H,10-12H2,1-2H3,(H,26,27,29). The molecule has 0 radical (unpaired) electrons. The number of carbonyl (C=O) groups excluding carboxylic acids is 1. The Morgan fingerprint density at radius 2 is 1.73 bits per heavy atom. The van der Waals surface area contributed by atoms with Crippen molar-refractivity contribution in [2.24, 2.45) is 11.8 Å². The van der Waals surface area contributed by atoms with Crippen LogP contribution in [0.15, 0.2) is 47.4 Å². The van der Waals surface area contributed by atoms with Crippen molar-refractivity contribution in [2.45, 2.75) is 31.3 Å². The minimum Gasteiger partial charge on any atom is -0.298 e. The molecule has 176 valence electrons. The Morgan fingerprint density at radius 3 is 2.33 bits per heavy atom. The zero-order valence-electron chi connectivity index (χ0n) is 17.9. The molecule has 6 nitrogen and oxygen atoms in total. The predicted molar refractivity (Wildman–Crippen MR) is 121 cm³/mol. The summed E-state index contributed by atoms with van der Waals surface area (Å²) in [6.07, 6.45) is -3.58. The maximum atomic E-state index is 13.2. The molecule has 2 unspecified atom stereocenters. The van der Waals surface area contributed by atoms with E-state index in [2.05, 4.69) is 10.3 Å². The molecule has 33 heavy (non-hydrogen) atoms. The molecule has 1 fully saturated rings. The van der Waals surface area contributed by atoms with Gasteiger partial charge in [0.25, 0.3) is 5.91 Å². The molecule has 3 aromatic rings. The molecule has 4 rings (SSSR count). The number of thiazole rings is 1. The summed E-state index contributed by atoms with van der Waals surface area (Å²) >= 11 is 0.931. The van der Waals surface area contributed by atoms with Gasteiger partial charge >= 0.3 is 6.18 Å². The topological polar surface area (TPSA) is 79.4 Å². The first-order chi connectivity index (χ1) is 15.4. The zero-order valence-corrected chi connectivity index (χ0v) is 19.5. The average Bonchev–Trinajstić information content (AvgIpc) is 3.14. The molecule has 0 saturated carbocycles. The number of para-hydroxylation sites is 1. The van der Waals surface area contributed by atoms with Crippen LogP contribution in [-0.4, -0.2) is 36.7 Å². The summed E-state index contributed by atoms with van der Waals surface area (Å²) in [5.74, 6) is -0.0627. The van der Waals surface area contributed by atoms with Gasteiger partial charge in [-0.05, 0) is 54.7 Å². The number of piperidine rings is 1. The highest BCUT2D eigenvalue weighted by atomic mass is 32.2. The number of nitrogens with one attached hydrogen (secondary N) is 1. The van der Waals surface area contributed by atoms with E-state index in [9.17, 15) is 26.4 Å². The highest BCUT2D eigenvalue weighted by Crippen LogP contribution is 2.37. The normalized spacial score (nSPS) is 20.2. The zero-order chi connectivity index (χ0) is 24.0. The number of fused-ring (bicyclic) bond motifs is 1. The average molecular weight is 498 g/mol. The molecule has 2 atom stereocenters. The summed E-state index contributed by atoms with van der Waals surface area (Å²) in [5.41, 5.74) is -0.922. The molecule has 2 aromatic carbocycles. The quantitative estimate of drug-likeness (QED) is 0.535. The monoisotopic (exact) mass is 497 g/mol. The third-order valence-corrected chi connectivity index (χ3v) is 8.32. The Morgan fingerprint density at radius 1 is 1.09 bits per heavy atom. The van der Waals surface area contributed by atoms with Gasteiger partial charge in [-0.1, -0.05) is 31.3 Å². The van der Waals surface area contributed by atoms with E-state index in [0.717, 1.165) is 23.8 Å². The lowest BCUT2D eigenvalue weighted by Gasteiger charge is -2.34. The van der Waals surface area contributed by atoms with Crippen LogP contribution in [0.4, 0.5) is 18.3 Å². The van der Waals surface area contributed by atoms with Gasteiger partial charge in [-0.3, -0.25) is 10.1 Å². The Labute approximate surface area is 193 Å². The lowest BCUT2D eigenvalue weighted by molar-refractivity contribution is -0.136. The smallest absolute Gasteiger partial charge is 0.298 e. The molecule has 1 N–H and O–H groups in total. The van der Waals surface area contributed by atoms with Crippen LogP contribution in [0.2, 0.25) is 0 Å². The number of hydrogen-bond donors (Lipinski definition) is 1. The maximum absolute atomic E-state index is 13.2. The number of anilines is 1. The van der Waals surface area contributed by atoms with E-state index in [1.807, 2.05) is 13.8 Å². The molecule has 1 saturated heterocycles. The van der Waals surface area contributed by atoms with E-state index < -0.39 is 27.7 Å². The fourth-order valence-corrected chi connectivity index (χ4v) is 6.70. The van der Waals surface area contributed by atoms with Crippen LogP contribution in [0.1, 0.15) is 36.2 Å².